The molecule has 0 unspecified atom stereocenters. The van der Waals surface area contributed by atoms with Crippen molar-refractivity contribution >= 4 is 18.0 Å². The molecular formula is C19H20ClNO2. The van der Waals surface area contributed by atoms with Crippen molar-refractivity contribution in [3.63, 3.8) is 0 Å². The van der Waals surface area contributed by atoms with Crippen LogP contribution in [0.4, 0.5) is 0 Å². The number of likely N-dealkylation sites (tertiary alicyclic amines) is 1. The lowest BCUT2D eigenvalue weighted by Crippen LogP contribution is -2.37. The molecule has 1 amide bonds. The number of hydrogen-bond donors (Lipinski definition) is 0. The first kappa shape index (κ1) is 15.9. The van der Waals surface area contributed by atoms with Gasteiger partial charge in [-0.3, -0.25) is 4.79 Å². The smallest absolute Gasteiger partial charge is 0.209 e. The first-order valence-corrected chi connectivity index (χ1v) is 8.31. The van der Waals surface area contributed by atoms with E-state index >= 15 is 0 Å². The van der Waals surface area contributed by atoms with Crippen LogP contribution < -0.4 is 4.74 Å². The molecule has 0 radical (unpaired) electrons. The summed E-state index contributed by atoms with van der Waals surface area (Å²) in [5, 5.41) is 0.801. The predicted molar refractivity (Wildman–Crippen MR) is 92.0 cm³/mol. The van der Waals surface area contributed by atoms with Gasteiger partial charge in [-0.25, -0.2) is 0 Å². The van der Waals surface area contributed by atoms with E-state index in [1.165, 1.54) is 5.56 Å². The topological polar surface area (TPSA) is 29.5 Å². The van der Waals surface area contributed by atoms with E-state index in [0.29, 0.717) is 0 Å². The summed E-state index contributed by atoms with van der Waals surface area (Å²) < 4.78 is 6.01. The summed E-state index contributed by atoms with van der Waals surface area (Å²) in [5.41, 5.74) is 2.34. The lowest BCUT2D eigenvalue weighted by Gasteiger charge is -2.29. The van der Waals surface area contributed by atoms with Crippen molar-refractivity contribution in [2.75, 3.05) is 13.1 Å². The molecule has 1 saturated heterocycles. The zero-order valence-electron chi connectivity index (χ0n) is 13.0. The second-order valence-electron chi connectivity index (χ2n) is 5.87. The van der Waals surface area contributed by atoms with Gasteiger partial charge >= 0.3 is 0 Å². The van der Waals surface area contributed by atoms with Crippen LogP contribution in [0.2, 0.25) is 5.02 Å². The summed E-state index contributed by atoms with van der Waals surface area (Å²) in [7, 11) is 0. The third-order valence-electron chi connectivity index (χ3n) is 4.20. The summed E-state index contributed by atoms with van der Waals surface area (Å²) in [6, 6.07) is 16.1. The van der Waals surface area contributed by atoms with Crippen molar-refractivity contribution in [1.82, 2.24) is 4.90 Å². The van der Waals surface area contributed by atoms with Crippen LogP contribution in [0.25, 0.3) is 0 Å². The van der Waals surface area contributed by atoms with Crippen LogP contribution in [0.5, 0.6) is 5.75 Å². The maximum absolute atomic E-state index is 10.7. The Labute approximate surface area is 141 Å². The van der Waals surface area contributed by atoms with Crippen molar-refractivity contribution in [1.29, 1.82) is 0 Å². The van der Waals surface area contributed by atoms with Gasteiger partial charge in [-0.2, -0.15) is 0 Å². The Morgan fingerprint density at radius 1 is 1.09 bits per heavy atom. The maximum atomic E-state index is 10.7. The van der Waals surface area contributed by atoms with E-state index in [-0.39, 0.29) is 6.10 Å². The van der Waals surface area contributed by atoms with Gasteiger partial charge in [0.15, 0.2) is 0 Å². The molecular weight excluding hydrogens is 310 g/mol. The molecule has 1 fully saturated rings. The number of carbonyl (C=O) groups is 1. The fraction of sp³-hybridized carbons (Fsp3) is 0.316. The third-order valence-corrected chi connectivity index (χ3v) is 4.57. The first-order valence-electron chi connectivity index (χ1n) is 7.93. The molecule has 3 rings (SSSR count). The molecule has 1 aliphatic heterocycles. The Bertz CT molecular complexity index is 649. The molecule has 0 bridgehead atoms. The molecule has 0 aliphatic carbocycles. The number of piperidine rings is 1. The van der Waals surface area contributed by atoms with Crippen molar-refractivity contribution in [3.05, 3.63) is 64.7 Å². The highest BCUT2D eigenvalue weighted by atomic mass is 35.5. The Morgan fingerprint density at radius 2 is 1.78 bits per heavy atom. The molecule has 1 heterocycles. The van der Waals surface area contributed by atoms with Crippen LogP contribution in [0.15, 0.2) is 48.5 Å². The molecule has 3 nitrogen and oxygen atoms in total. The number of amides is 1. The van der Waals surface area contributed by atoms with Crippen molar-refractivity contribution in [3.8, 4) is 5.75 Å². The van der Waals surface area contributed by atoms with Gasteiger partial charge in [0, 0.05) is 31.0 Å². The number of nitrogens with zero attached hydrogens (tertiary/aromatic N) is 1. The monoisotopic (exact) mass is 329 g/mol. The number of carbonyl (C=O) groups excluding carboxylic acids is 1. The van der Waals surface area contributed by atoms with Gasteiger partial charge in [0.1, 0.15) is 11.9 Å². The summed E-state index contributed by atoms with van der Waals surface area (Å²) >= 11 is 6.20. The summed E-state index contributed by atoms with van der Waals surface area (Å²) in [6.45, 7) is 1.55. The number of hydrogen-bond acceptors (Lipinski definition) is 2. The molecule has 0 spiro atoms. The van der Waals surface area contributed by atoms with E-state index in [1.54, 1.807) is 4.90 Å². The maximum Gasteiger partial charge on any atom is 0.209 e. The van der Waals surface area contributed by atoms with Gasteiger partial charge in [-0.15, -0.1) is 0 Å². The highest BCUT2D eigenvalue weighted by molar-refractivity contribution is 6.31. The molecule has 4 heteroatoms. The first-order chi connectivity index (χ1) is 11.2. The Morgan fingerprint density at radius 3 is 2.43 bits per heavy atom. The number of ether oxygens (including phenoxy) is 1. The zero-order chi connectivity index (χ0) is 16.1. The minimum atomic E-state index is 0.195. The molecule has 120 valence electrons. The van der Waals surface area contributed by atoms with Crippen molar-refractivity contribution < 1.29 is 9.53 Å². The van der Waals surface area contributed by atoms with Gasteiger partial charge in [-0.05, 0) is 35.7 Å². The van der Waals surface area contributed by atoms with E-state index < -0.39 is 0 Å². The minimum absolute atomic E-state index is 0.195. The molecule has 0 atom stereocenters. The summed E-state index contributed by atoms with van der Waals surface area (Å²) in [5.74, 6) is 0.887. The number of halogens is 1. The van der Waals surface area contributed by atoms with Gasteiger partial charge in [0.25, 0.3) is 0 Å². The second-order valence-corrected chi connectivity index (χ2v) is 6.28. The average Bonchev–Trinajstić information content (AvgIpc) is 2.59. The van der Waals surface area contributed by atoms with Crippen LogP contribution >= 0.6 is 11.6 Å². The van der Waals surface area contributed by atoms with E-state index in [4.69, 9.17) is 16.3 Å². The standard InChI is InChI=1S/C19H20ClNO2/c20-19-4-2-1-3-16(19)13-15-5-7-17(8-6-15)23-18-9-11-21(14-22)12-10-18/h1-8,14,18H,9-13H2. The Kier molecular flexibility index (Phi) is 5.19. The Balaban J connectivity index is 1.57. The van der Waals surface area contributed by atoms with E-state index in [9.17, 15) is 4.79 Å². The van der Waals surface area contributed by atoms with Crippen LogP contribution in [-0.4, -0.2) is 30.5 Å². The molecule has 1 aliphatic rings. The van der Waals surface area contributed by atoms with E-state index in [2.05, 4.69) is 12.1 Å². The summed E-state index contributed by atoms with van der Waals surface area (Å²) in [6.07, 6.45) is 3.71. The highest BCUT2D eigenvalue weighted by Crippen LogP contribution is 2.22. The number of rotatable bonds is 5. The van der Waals surface area contributed by atoms with Crippen LogP contribution in [0, 0.1) is 0 Å². The quantitative estimate of drug-likeness (QED) is 0.778. The fourth-order valence-electron chi connectivity index (χ4n) is 2.84. The van der Waals surface area contributed by atoms with E-state index in [0.717, 1.165) is 55.1 Å². The largest absolute Gasteiger partial charge is 0.490 e. The van der Waals surface area contributed by atoms with Crippen LogP contribution in [0.1, 0.15) is 24.0 Å². The van der Waals surface area contributed by atoms with E-state index in [1.807, 2.05) is 36.4 Å². The lowest BCUT2D eigenvalue weighted by atomic mass is 10.0. The predicted octanol–water partition coefficient (Wildman–Crippen LogP) is 3.93. The third kappa shape index (κ3) is 4.26. The molecule has 2 aromatic rings. The van der Waals surface area contributed by atoms with Crippen molar-refractivity contribution in [2.45, 2.75) is 25.4 Å². The molecule has 23 heavy (non-hydrogen) atoms. The van der Waals surface area contributed by atoms with Crippen molar-refractivity contribution in [2.24, 2.45) is 0 Å². The molecule has 0 N–H and O–H groups in total. The normalized spacial score (nSPS) is 15.4. The molecule has 0 saturated carbocycles. The zero-order valence-corrected chi connectivity index (χ0v) is 13.7. The van der Waals surface area contributed by atoms with Gasteiger partial charge < -0.3 is 9.64 Å². The van der Waals surface area contributed by atoms with Crippen LogP contribution in [0.3, 0.4) is 0 Å². The minimum Gasteiger partial charge on any atom is -0.490 e. The SMILES string of the molecule is O=CN1CCC(Oc2ccc(Cc3ccccc3Cl)cc2)CC1. The second kappa shape index (κ2) is 7.51. The van der Waals surface area contributed by atoms with Gasteiger partial charge in [-0.1, -0.05) is 41.9 Å². The van der Waals surface area contributed by atoms with Gasteiger partial charge in [0.2, 0.25) is 6.41 Å². The Hall–Kier alpha value is -2.00. The fourth-order valence-corrected chi connectivity index (χ4v) is 3.04. The lowest BCUT2D eigenvalue weighted by molar-refractivity contribution is -0.119. The van der Waals surface area contributed by atoms with Crippen LogP contribution in [-0.2, 0) is 11.2 Å². The summed E-state index contributed by atoms with van der Waals surface area (Å²) in [4.78, 5) is 12.5. The average molecular weight is 330 g/mol. The molecule has 0 aromatic heterocycles. The molecule has 2 aromatic carbocycles. The highest BCUT2D eigenvalue weighted by Gasteiger charge is 2.19. The van der Waals surface area contributed by atoms with Gasteiger partial charge in [0.05, 0.1) is 0 Å². The number of benzene rings is 2.